The normalized spacial score (nSPS) is 13.4. The van der Waals surface area contributed by atoms with Crippen molar-refractivity contribution in [3.8, 4) is 17.2 Å². The highest BCUT2D eigenvalue weighted by Crippen LogP contribution is 2.30. The molecule has 2 rings (SSSR count). The molecule has 3 atom stereocenters. The van der Waals surface area contributed by atoms with Gasteiger partial charge in [-0.05, 0) is 32.0 Å². The van der Waals surface area contributed by atoms with Crippen molar-refractivity contribution >= 4 is 35.1 Å². The summed E-state index contributed by atoms with van der Waals surface area (Å²) >= 11 is 12.1. The third-order valence-corrected chi connectivity index (χ3v) is 4.95. The van der Waals surface area contributed by atoms with Gasteiger partial charge in [-0.1, -0.05) is 29.3 Å². The Bertz CT molecular complexity index is 985. The van der Waals surface area contributed by atoms with Crippen LogP contribution in [0.4, 0.5) is 0 Å². The molecule has 1 amide bonds. The zero-order valence-electron chi connectivity index (χ0n) is 17.8. The second-order valence-electron chi connectivity index (χ2n) is 6.80. The number of benzene rings is 1. The molecule has 1 aromatic carbocycles. The van der Waals surface area contributed by atoms with Gasteiger partial charge in [0.05, 0.1) is 12.1 Å². The Morgan fingerprint density at radius 2 is 1.97 bits per heavy atom. The van der Waals surface area contributed by atoms with Gasteiger partial charge in [-0.25, -0.2) is 9.78 Å². The topological polar surface area (TPSA) is 107 Å². The van der Waals surface area contributed by atoms with Gasteiger partial charge in [-0.2, -0.15) is 0 Å². The largest absolute Gasteiger partial charge is 0.503 e. The van der Waals surface area contributed by atoms with Crippen LogP contribution in [0.2, 0.25) is 10.0 Å². The molecular weight excluding hydrogens is 459 g/mol. The second-order valence-corrected chi connectivity index (χ2v) is 7.65. The molecule has 1 heterocycles. The molecule has 0 saturated heterocycles. The summed E-state index contributed by atoms with van der Waals surface area (Å²) in [7, 11) is 1.34. The van der Waals surface area contributed by atoms with Gasteiger partial charge in [-0.3, -0.25) is 4.79 Å². The van der Waals surface area contributed by atoms with Gasteiger partial charge in [0.15, 0.2) is 17.2 Å². The number of aromatic nitrogens is 1. The highest BCUT2D eigenvalue weighted by atomic mass is 35.5. The predicted molar refractivity (Wildman–Crippen MR) is 121 cm³/mol. The van der Waals surface area contributed by atoms with E-state index in [9.17, 15) is 14.7 Å². The van der Waals surface area contributed by atoms with Crippen LogP contribution < -0.4 is 14.8 Å². The van der Waals surface area contributed by atoms with Gasteiger partial charge in [0.1, 0.15) is 24.0 Å². The molecule has 8 nitrogen and oxygen atoms in total. The minimum Gasteiger partial charge on any atom is -0.503 e. The van der Waals surface area contributed by atoms with E-state index >= 15 is 0 Å². The highest BCUT2D eigenvalue weighted by molar-refractivity contribution is 6.35. The van der Waals surface area contributed by atoms with Crippen molar-refractivity contribution < 1.29 is 28.9 Å². The summed E-state index contributed by atoms with van der Waals surface area (Å²) in [6.45, 7) is 6.80. The number of methoxy groups -OCH3 is 1. The number of pyridine rings is 1. The third-order valence-electron chi connectivity index (χ3n) is 4.42. The number of esters is 1. The number of ether oxygens (including phenoxy) is 3. The van der Waals surface area contributed by atoms with E-state index in [4.69, 9.17) is 37.4 Å². The maximum Gasteiger partial charge on any atom is 0.328 e. The SMILES string of the molecule is C=CC[C@@H](Oc1ccc(Cl)cc1Cl)[C@H](C)OC(=O)[C@H](C)NC(=O)c1nccc(OC)c1O. The molecule has 1 aromatic heterocycles. The molecule has 0 fully saturated rings. The maximum atomic E-state index is 12.5. The lowest BCUT2D eigenvalue weighted by atomic mass is 10.1. The van der Waals surface area contributed by atoms with Crippen LogP contribution in [0.5, 0.6) is 17.2 Å². The van der Waals surface area contributed by atoms with Crippen LogP contribution in [0.25, 0.3) is 0 Å². The zero-order valence-corrected chi connectivity index (χ0v) is 19.3. The quantitative estimate of drug-likeness (QED) is 0.386. The summed E-state index contributed by atoms with van der Waals surface area (Å²) in [6.07, 6.45) is 2.02. The van der Waals surface area contributed by atoms with Gasteiger partial charge in [0, 0.05) is 23.7 Å². The van der Waals surface area contributed by atoms with E-state index in [1.807, 2.05) is 0 Å². The van der Waals surface area contributed by atoms with Gasteiger partial charge in [0.25, 0.3) is 5.91 Å². The molecule has 0 bridgehead atoms. The van der Waals surface area contributed by atoms with Crippen molar-refractivity contribution in [2.24, 2.45) is 0 Å². The minimum atomic E-state index is -1.03. The van der Waals surface area contributed by atoms with Crippen molar-refractivity contribution in [1.82, 2.24) is 10.3 Å². The first-order valence-electron chi connectivity index (χ1n) is 9.63. The lowest BCUT2D eigenvalue weighted by molar-refractivity contribution is -0.154. The lowest BCUT2D eigenvalue weighted by Gasteiger charge is -2.26. The standard InChI is InChI=1S/C22H24Cl2N2O6/c1-5-6-16(32-17-8-7-14(23)11-15(17)24)13(3)31-22(29)12(2)26-21(28)19-20(27)18(30-4)9-10-25-19/h5,7-13,16,27H,1,6H2,2-4H3,(H,26,28)/t12-,13-,16+/m0/s1. The minimum absolute atomic E-state index is 0.0827. The van der Waals surface area contributed by atoms with Crippen LogP contribution in [0.15, 0.2) is 43.1 Å². The van der Waals surface area contributed by atoms with Gasteiger partial charge in [-0.15, -0.1) is 6.58 Å². The molecule has 0 saturated carbocycles. The van der Waals surface area contributed by atoms with E-state index in [2.05, 4.69) is 16.9 Å². The Balaban J connectivity index is 2.03. The van der Waals surface area contributed by atoms with Crippen molar-refractivity contribution in [3.63, 3.8) is 0 Å². The number of hydrogen-bond acceptors (Lipinski definition) is 7. The Hall–Kier alpha value is -2.97. The van der Waals surface area contributed by atoms with Crippen molar-refractivity contribution in [2.75, 3.05) is 7.11 Å². The first-order valence-corrected chi connectivity index (χ1v) is 10.4. The number of amides is 1. The van der Waals surface area contributed by atoms with Gasteiger partial charge in [0.2, 0.25) is 0 Å². The van der Waals surface area contributed by atoms with E-state index in [0.29, 0.717) is 22.2 Å². The van der Waals surface area contributed by atoms with Crippen LogP contribution >= 0.6 is 23.2 Å². The smallest absolute Gasteiger partial charge is 0.328 e. The van der Waals surface area contributed by atoms with Crippen LogP contribution in [0.3, 0.4) is 0 Å². The predicted octanol–water partition coefficient (Wildman–Crippen LogP) is 4.18. The van der Waals surface area contributed by atoms with Crippen LogP contribution in [0, 0.1) is 0 Å². The Morgan fingerprint density at radius 3 is 2.59 bits per heavy atom. The Morgan fingerprint density at radius 1 is 1.25 bits per heavy atom. The van der Waals surface area contributed by atoms with Crippen LogP contribution in [-0.2, 0) is 9.53 Å². The monoisotopic (exact) mass is 482 g/mol. The molecule has 2 N–H and O–H groups in total. The van der Waals surface area contributed by atoms with Crippen molar-refractivity contribution in [1.29, 1.82) is 0 Å². The Labute approximate surface area is 196 Å². The summed E-state index contributed by atoms with van der Waals surface area (Å²) in [5.41, 5.74) is -0.276. The lowest BCUT2D eigenvalue weighted by Crippen LogP contribution is -2.43. The summed E-state index contributed by atoms with van der Waals surface area (Å²) < 4.78 is 16.3. The highest BCUT2D eigenvalue weighted by Gasteiger charge is 2.27. The van der Waals surface area contributed by atoms with E-state index in [1.54, 1.807) is 31.2 Å². The molecule has 0 aliphatic rings. The maximum absolute atomic E-state index is 12.5. The molecule has 0 spiro atoms. The summed E-state index contributed by atoms with van der Waals surface area (Å²) in [5, 5.41) is 13.3. The number of carbonyl (C=O) groups is 2. The summed E-state index contributed by atoms with van der Waals surface area (Å²) in [5.74, 6) is -1.43. The molecule has 0 aliphatic carbocycles. The fourth-order valence-corrected chi connectivity index (χ4v) is 3.14. The van der Waals surface area contributed by atoms with Crippen molar-refractivity contribution in [3.05, 3.63) is 58.9 Å². The third kappa shape index (κ3) is 6.51. The zero-order chi connectivity index (χ0) is 23.8. The molecular formula is C22H24Cl2N2O6. The summed E-state index contributed by atoms with van der Waals surface area (Å²) in [6, 6.07) is 5.16. The Kier molecular flexibility index (Phi) is 9.16. The van der Waals surface area contributed by atoms with Crippen LogP contribution in [-0.4, -0.2) is 47.3 Å². The fourth-order valence-electron chi connectivity index (χ4n) is 2.69. The van der Waals surface area contributed by atoms with E-state index in [0.717, 1.165) is 0 Å². The molecule has 0 radical (unpaired) electrons. The first kappa shape index (κ1) is 25.3. The number of nitrogens with one attached hydrogen (secondary N) is 1. The van der Waals surface area contributed by atoms with E-state index < -0.39 is 35.9 Å². The van der Waals surface area contributed by atoms with E-state index in [-0.39, 0.29) is 11.4 Å². The second kappa shape index (κ2) is 11.6. The number of rotatable bonds is 10. The molecule has 32 heavy (non-hydrogen) atoms. The van der Waals surface area contributed by atoms with Crippen LogP contribution in [0.1, 0.15) is 30.8 Å². The van der Waals surface area contributed by atoms with Gasteiger partial charge < -0.3 is 24.6 Å². The average Bonchev–Trinajstić information content (AvgIpc) is 2.74. The number of halogens is 2. The number of nitrogens with zero attached hydrogens (tertiary/aromatic N) is 1. The molecule has 2 aromatic rings. The number of aromatic hydroxyl groups is 1. The number of carbonyl (C=O) groups excluding carboxylic acids is 2. The average molecular weight is 483 g/mol. The van der Waals surface area contributed by atoms with Gasteiger partial charge >= 0.3 is 5.97 Å². The number of hydrogen-bond donors (Lipinski definition) is 2. The molecule has 0 unspecified atom stereocenters. The van der Waals surface area contributed by atoms with Crippen molar-refractivity contribution in [2.45, 2.75) is 38.5 Å². The summed E-state index contributed by atoms with van der Waals surface area (Å²) in [4.78, 5) is 28.8. The molecule has 0 aliphatic heterocycles. The molecule has 172 valence electrons. The first-order chi connectivity index (χ1) is 15.2. The van der Waals surface area contributed by atoms with E-state index in [1.165, 1.54) is 26.3 Å². The fraction of sp³-hybridized carbons (Fsp3) is 0.318. The molecule has 10 heteroatoms.